The second-order valence-corrected chi connectivity index (χ2v) is 1.05. The van der Waals surface area contributed by atoms with Gasteiger partial charge in [0, 0.05) is 6.21 Å². The van der Waals surface area contributed by atoms with Crippen molar-refractivity contribution in [3.05, 3.63) is 12.3 Å². The van der Waals surface area contributed by atoms with Gasteiger partial charge >= 0.3 is 37.7 Å². The summed E-state index contributed by atoms with van der Waals surface area (Å²) in [5, 5.41) is 2.91. The van der Waals surface area contributed by atoms with Gasteiger partial charge in [0.2, 0.25) is 0 Å². The summed E-state index contributed by atoms with van der Waals surface area (Å²) < 4.78 is 0. The Morgan fingerprint density at radius 1 is 1.57 bits per heavy atom. The molecule has 0 atom stereocenters. The van der Waals surface area contributed by atoms with Crippen LogP contribution in [-0.2, 0) is 0 Å². The van der Waals surface area contributed by atoms with Crippen LogP contribution in [0.4, 0.5) is 0 Å². The third-order valence-corrected chi connectivity index (χ3v) is 0.588. The monoisotopic (exact) mass is 124 g/mol. The Bertz CT molecular complexity index is 75.7. The molecule has 0 bridgehead atoms. The second-order valence-electron chi connectivity index (χ2n) is 1.05. The molecule has 2 nitrogen and oxygen atoms in total. The van der Waals surface area contributed by atoms with Gasteiger partial charge in [0.25, 0.3) is 0 Å². The summed E-state index contributed by atoms with van der Waals surface area (Å²) in [5.41, 5.74) is 0. The molecule has 1 aliphatic rings. The Labute approximate surface area is 72.7 Å². The summed E-state index contributed by atoms with van der Waals surface area (Å²) in [6.07, 6.45) is 5.51. The number of nitrogens with zero attached hydrogens (tertiary/aromatic N) is 1. The van der Waals surface area contributed by atoms with Crippen LogP contribution >= 0.6 is 0 Å². The summed E-state index contributed by atoms with van der Waals surface area (Å²) in [5.74, 6) is 0. The molecule has 36 valence electrons. The van der Waals surface area contributed by atoms with E-state index in [-0.39, 0.29) is 37.7 Å². The van der Waals surface area contributed by atoms with Crippen molar-refractivity contribution >= 4 is 44.0 Å². The molecule has 0 unspecified atom stereocenters. The Morgan fingerprint density at radius 3 is 2.57 bits per heavy atom. The van der Waals surface area contributed by atoms with Crippen LogP contribution in [0.3, 0.4) is 0 Å². The van der Waals surface area contributed by atoms with E-state index in [4.69, 9.17) is 0 Å². The fourth-order valence-corrected chi connectivity index (χ4v) is 0.330. The van der Waals surface area contributed by atoms with E-state index in [1.807, 2.05) is 12.3 Å². The first-order valence-electron chi connectivity index (χ1n) is 1.88. The zero-order valence-corrected chi connectivity index (χ0v) is 3.39. The molecular weight excluding hydrogens is 116 g/mol. The quantitative estimate of drug-likeness (QED) is 0.421. The van der Waals surface area contributed by atoms with Crippen molar-refractivity contribution in [2.45, 2.75) is 0 Å². The standard InChI is InChI=1S/C4H6N2.Ca.2H/c1-2-5-4-6-3-1;;;/h1-3,5H,4H2;;;. The fraction of sp³-hybridized carbons (Fsp3) is 0.250. The number of allylic oxidation sites excluding steroid dienone is 1. The van der Waals surface area contributed by atoms with Crippen molar-refractivity contribution in [3.8, 4) is 0 Å². The van der Waals surface area contributed by atoms with Crippen molar-refractivity contribution in [2.24, 2.45) is 4.99 Å². The summed E-state index contributed by atoms with van der Waals surface area (Å²) in [4.78, 5) is 3.85. The zero-order chi connectivity index (χ0) is 4.24. The van der Waals surface area contributed by atoms with Crippen LogP contribution in [0.25, 0.3) is 0 Å². The number of rotatable bonds is 0. The van der Waals surface area contributed by atoms with Crippen molar-refractivity contribution in [1.82, 2.24) is 5.32 Å². The molecule has 0 aromatic rings. The molecule has 0 radical (unpaired) electrons. The average Bonchev–Trinajstić information content (AvgIpc) is 1.72. The number of hydrogen-bond donors (Lipinski definition) is 1. The summed E-state index contributed by atoms with van der Waals surface area (Å²) in [7, 11) is 0. The number of nitrogens with one attached hydrogen (secondary N) is 1. The van der Waals surface area contributed by atoms with E-state index < -0.39 is 0 Å². The minimum atomic E-state index is 0. The minimum absolute atomic E-state index is 0. The molecule has 1 aliphatic heterocycles. The van der Waals surface area contributed by atoms with Crippen molar-refractivity contribution in [2.75, 3.05) is 6.67 Å². The molecule has 1 heterocycles. The Hall–Kier alpha value is 0.470. The van der Waals surface area contributed by atoms with Gasteiger partial charge in [0.15, 0.2) is 0 Å². The van der Waals surface area contributed by atoms with Crippen LogP contribution in [-0.4, -0.2) is 50.6 Å². The first-order chi connectivity index (χ1) is 3.00. The zero-order valence-electron chi connectivity index (χ0n) is 3.39. The molecule has 1 rings (SSSR count). The summed E-state index contributed by atoms with van der Waals surface area (Å²) in [6.45, 7) is 0.733. The maximum absolute atomic E-state index is 3.85. The van der Waals surface area contributed by atoms with Crippen LogP contribution in [0, 0.1) is 0 Å². The number of aliphatic imine (C=N–C) groups is 1. The van der Waals surface area contributed by atoms with E-state index in [9.17, 15) is 0 Å². The Kier molecular flexibility index (Phi) is 4.93. The van der Waals surface area contributed by atoms with Gasteiger partial charge in [-0.1, -0.05) is 0 Å². The van der Waals surface area contributed by atoms with Gasteiger partial charge in [-0.3, -0.25) is 4.99 Å². The predicted molar refractivity (Wildman–Crippen MR) is 34.2 cm³/mol. The summed E-state index contributed by atoms with van der Waals surface area (Å²) in [6, 6.07) is 0. The third kappa shape index (κ3) is 3.09. The normalized spacial score (nSPS) is 14.9. The molecule has 0 spiro atoms. The topological polar surface area (TPSA) is 24.4 Å². The van der Waals surface area contributed by atoms with Crippen molar-refractivity contribution in [1.29, 1.82) is 0 Å². The maximum atomic E-state index is 3.85. The molecule has 0 aromatic heterocycles. The van der Waals surface area contributed by atoms with Crippen LogP contribution in [0.15, 0.2) is 17.3 Å². The molecule has 0 aromatic carbocycles. The van der Waals surface area contributed by atoms with Gasteiger partial charge in [-0.15, -0.1) is 0 Å². The SMILES string of the molecule is C1=CNCN=C1.[CaH2]. The van der Waals surface area contributed by atoms with E-state index >= 15 is 0 Å². The number of hydrogen-bond acceptors (Lipinski definition) is 2. The van der Waals surface area contributed by atoms with E-state index in [1.165, 1.54) is 0 Å². The van der Waals surface area contributed by atoms with Gasteiger partial charge in [-0.2, -0.15) is 0 Å². The van der Waals surface area contributed by atoms with E-state index in [2.05, 4.69) is 10.3 Å². The van der Waals surface area contributed by atoms with Crippen LogP contribution in [0.5, 0.6) is 0 Å². The van der Waals surface area contributed by atoms with Crippen molar-refractivity contribution < 1.29 is 0 Å². The van der Waals surface area contributed by atoms with Gasteiger partial charge in [0.1, 0.15) is 6.67 Å². The van der Waals surface area contributed by atoms with Gasteiger partial charge in [-0.25, -0.2) is 0 Å². The molecular formula is C4H8CaN2. The molecule has 0 fully saturated rings. The molecule has 3 heteroatoms. The summed E-state index contributed by atoms with van der Waals surface area (Å²) >= 11 is 0. The van der Waals surface area contributed by atoms with E-state index in [0.29, 0.717) is 0 Å². The Balaban J connectivity index is 0.000000360. The molecule has 0 aliphatic carbocycles. The van der Waals surface area contributed by atoms with Gasteiger partial charge < -0.3 is 5.32 Å². The van der Waals surface area contributed by atoms with Gasteiger partial charge in [0.05, 0.1) is 0 Å². The van der Waals surface area contributed by atoms with E-state index in [0.717, 1.165) is 6.67 Å². The van der Waals surface area contributed by atoms with Crippen molar-refractivity contribution in [3.63, 3.8) is 0 Å². The van der Waals surface area contributed by atoms with Crippen LogP contribution in [0.2, 0.25) is 0 Å². The molecule has 0 saturated heterocycles. The third-order valence-electron chi connectivity index (χ3n) is 0.588. The first kappa shape index (κ1) is 7.47. The molecule has 0 amide bonds. The van der Waals surface area contributed by atoms with Crippen LogP contribution < -0.4 is 5.32 Å². The second kappa shape index (κ2) is 4.62. The molecule has 0 saturated carbocycles. The molecule has 1 N–H and O–H groups in total. The Morgan fingerprint density at radius 2 is 2.43 bits per heavy atom. The van der Waals surface area contributed by atoms with Gasteiger partial charge in [-0.05, 0) is 12.3 Å². The fourth-order valence-electron chi connectivity index (χ4n) is 0.330. The average molecular weight is 124 g/mol. The van der Waals surface area contributed by atoms with E-state index in [1.54, 1.807) is 6.21 Å². The first-order valence-corrected chi connectivity index (χ1v) is 1.88. The molecule has 7 heavy (non-hydrogen) atoms. The predicted octanol–water partition coefficient (Wildman–Crippen LogP) is -0.785. The van der Waals surface area contributed by atoms with Crippen LogP contribution in [0.1, 0.15) is 0 Å².